The van der Waals surface area contributed by atoms with Gasteiger partial charge in [-0.15, -0.1) is 11.6 Å². The van der Waals surface area contributed by atoms with Crippen molar-refractivity contribution in [3.63, 3.8) is 0 Å². The summed E-state index contributed by atoms with van der Waals surface area (Å²) < 4.78 is 4.90. The van der Waals surface area contributed by atoms with Gasteiger partial charge in [0.2, 0.25) is 5.76 Å². The maximum atomic E-state index is 8.51. The molecule has 4 heteroatoms. The van der Waals surface area contributed by atoms with Crippen molar-refractivity contribution < 1.29 is 9.53 Å². The first-order valence-corrected chi connectivity index (χ1v) is 3.52. The Balaban J connectivity index is 3.00. The average molecular weight is 171 g/mol. The molecule has 0 radical (unpaired) electrons. The zero-order valence-corrected chi connectivity index (χ0v) is 6.75. The molecule has 1 aliphatic carbocycles. The Morgan fingerprint density at radius 2 is 2.45 bits per heavy atom. The van der Waals surface area contributed by atoms with Gasteiger partial charge in [-0.2, -0.15) is 4.79 Å². The second-order valence-electron chi connectivity index (χ2n) is 2.01. The van der Waals surface area contributed by atoms with Crippen LogP contribution in [-0.2, 0) is 4.74 Å². The van der Waals surface area contributed by atoms with Crippen LogP contribution in [0.1, 0.15) is 0 Å². The van der Waals surface area contributed by atoms with E-state index in [-0.39, 0.29) is 0 Å². The maximum Gasteiger partial charge on any atom is 0.354 e. The first kappa shape index (κ1) is 8.05. The van der Waals surface area contributed by atoms with Crippen molar-refractivity contribution in [2.24, 2.45) is 0 Å². The average Bonchev–Trinajstić information content (AvgIpc) is 2.04. The van der Waals surface area contributed by atoms with Crippen LogP contribution in [0.3, 0.4) is 0 Å². The van der Waals surface area contributed by atoms with E-state index < -0.39 is 5.38 Å². The number of alkyl halides is 1. The Morgan fingerprint density at radius 3 is 2.91 bits per heavy atom. The molecule has 58 valence electrons. The van der Waals surface area contributed by atoms with Crippen LogP contribution in [0.15, 0.2) is 24.0 Å². The van der Waals surface area contributed by atoms with Gasteiger partial charge in [0, 0.05) is 0 Å². The molecule has 1 atom stereocenters. The van der Waals surface area contributed by atoms with E-state index in [9.17, 15) is 0 Å². The lowest BCUT2D eigenvalue weighted by atomic mass is 10.1. The third-order valence-corrected chi connectivity index (χ3v) is 1.72. The summed E-state index contributed by atoms with van der Waals surface area (Å²) in [4.78, 5) is 3.02. The normalized spacial score (nSPS) is 22.5. The summed E-state index contributed by atoms with van der Waals surface area (Å²) in [5.41, 5.74) is 8.86. The molecule has 0 aromatic rings. The van der Waals surface area contributed by atoms with E-state index >= 15 is 0 Å². The molecule has 0 aromatic heterocycles. The molecule has 0 aromatic carbocycles. The molecule has 0 fully saturated rings. The first-order chi connectivity index (χ1) is 5.29. The molecule has 0 saturated carbocycles. The van der Waals surface area contributed by atoms with Crippen LogP contribution >= 0.6 is 11.6 Å². The highest BCUT2D eigenvalue weighted by atomic mass is 35.5. The van der Waals surface area contributed by atoms with E-state index in [1.54, 1.807) is 18.2 Å². The Bertz CT molecular complexity index is 264. The van der Waals surface area contributed by atoms with Gasteiger partial charge in [0.05, 0.1) is 7.11 Å². The molecule has 0 amide bonds. The standard InChI is InChI=1S/C7H7ClN2O/c1-11-6-4-2-3-5(8)7(6)10-9/h2-5H,1H3. The lowest BCUT2D eigenvalue weighted by Crippen LogP contribution is -2.19. The predicted molar refractivity (Wildman–Crippen MR) is 42.5 cm³/mol. The number of rotatable bonds is 1. The van der Waals surface area contributed by atoms with Crippen molar-refractivity contribution in [3.05, 3.63) is 29.5 Å². The molecule has 0 saturated heterocycles. The van der Waals surface area contributed by atoms with Gasteiger partial charge in [-0.05, 0) is 6.08 Å². The Hall–Kier alpha value is -1.05. The van der Waals surface area contributed by atoms with Gasteiger partial charge in [0.15, 0.2) is 5.38 Å². The molecule has 0 aliphatic heterocycles. The second kappa shape index (κ2) is 3.37. The van der Waals surface area contributed by atoms with Gasteiger partial charge in [0.1, 0.15) is 0 Å². The summed E-state index contributed by atoms with van der Waals surface area (Å²) in [6.45, 7) is 0. The monoisotopic (exact) mass is 170 g/mol. The summed E-state index contributed by atoms with van der Waals surface area (Å²) >= 11 is 5.76. The Morgan fingerprint density at radius 1 is 1.73 bits per heavy atom. The van der Waals surface area contributed by atoms with E-state index in [1.165, 1.54) is 7.11 Å². The highest BCUT2D eigenvalue weighted by Gasteiger charge is 2.26. The topological polar surface area (TPSA) is 45.6 Å². The molecular formula is C7H7ClN2O. The van der Waals surface area contributed by atoms with Gasteiger partial charge < -0.3 is 10.3 Å². The molecule has 0 spiro atoms. The highest BCUT2D eigenvalue weighted by Crippen LogP contribution is 2.13. The molecule has 0 bridgehead atoms. The number of nitrogens with zero attached hydrogens (tertiary/aromatic N) is 2. The fraction of sp³-hybridized carbons (Fsp3) is 0.286. The molecule has 11 heavy (non-hydrogen) atoms. The number of hydrogen-bond donors (Lipinski definition) is 0. The number of ether oxygens (including phenoxy) is 1. The minimum atomic E-state index is -0.403. The van der Waals surface area contributed by atoms with Crippen LogP contribution in [-0.4, -0.2) is 23.0 Å². The summed E-state index contributed by atoms with van der Waals surface area (Å²) in [6, 6.07) is 0. The largest absolute Gasteiger partial charge is 0.490 e. The minimum absolute atomic E-state index is 0.344. The molecule has 0 N–H and O–H groups in total. The van der Waals surface area contributed by atoms with Crippen molar-refractivity contribution in [1.29, 1.82) is 0 Å². The molecule has 1 rings (SSSR count). The van der Waals surface area contributed by atoms with Gasteiger partial charge in [0.25, 0.3) is 0 Å². The van der Waals surface area contributed by atoms with Crippen molar-refractivity contribution >= 4 is 17.3 Å². The zero-order chi connectivity index (χ0) is 8.27. The second-order valence-corrected chi connectivity index (χ2v) is 2.48. The molecule has 1 unspecified atom stereocenters. The van der Waals surface area contributed by atoms with Gasteiger partial charge in [-0.1, -0.05) is 12.2 Å². The van der Waals surface area contributed by atoms with Crippen LogP contribution in [0.5, 0.6) is 0 Å². The number of hydrogen-bond acceptors (Lipinski definition) is 1. The third-order valence-electron chi connectivity index (χ3n) is 1.37. The summed E-state index contributed by atoms with van der Waals surface area (Å²) in [7, 11) is 1.50. The van der Waals surface area contributed by atoms with Crippen LogP contribution in [0, 0.1) is 0 Å². The number of methoxy groups -OCH3 is 1. The fourth-order valence-electron chi connectivity index (χ4n) is 0.830. The maximum absolute atomic E-state index is 8.51. The minimum Gasteiger partial charge on any atom is -0.490 e. The van der Waals surface area contributed by atoms with Crippen LogP contribution in [0.25, 0.3) is 5.53 Å². The fourth-order valence-corrected chi connectivity index (χ4v) is 1.07. The van der Waals surface area contributed by atoms with Crippen molar-refractivity contribution in [3.8, 4) is 0 Å². The Kier molecular flexibility index (Phi) is 2.47. The van der Waals surface area contributed by atoms with Crippen molar-refractivity contribution in [2.75, 3.05) is 7.11 Å². The molecule has 1 aliphatic rings. The SMILES string of the molecule is COC1=CC=CC(Cl)C1=[N+]=[N-]. The molecule has 3 nitrogen and oxygen atoms in total. The van der Waals surface area contributed by atoms with Gasteiger partial charge in [-0.25, -0.2) is 0 Å². The Labute approximate surface area is 69.5 Å². The lowest BCUT2D eigenvalue weighted by Gasteiger charge is -2.05. The summed E-state index contributed by atoms with van der Waals surface area (Å²) in [6.07, 6.45) is 5.15. The highest BCUT2D eigenvalue weighted by molar-refractivity contribution is 6.35. The summed E-state index contributed by atoms with van der Waals surface area (Å²) in [5, 5.41) is -0.403. The summed E-state index contributed by atoms with van der Waals surface area (Å²) in [5.74, 6) is 0.495. The van der Waals surface area contributed by atoms with Gasteiger partial charge in [-0.3, -0.25) is 0 Å². The quantitative estimate of drug-likeness (QED) is 0.333. The van der Waals surface area contributed by atoms with E-state index in [0.717, 1.165) is 0 Å². The van der Waals surface area contributed by atoms with Crippen LogP contribution in [0.4, 0.5) is 0 Å². The van der Waals surface area contributed by atoms with E-state index in [1.807, 2.05) is 0 Å². The van der Waals surface area contributed by atoms with Crippen LogP contribution in [0.2, 0.25) is 0 Å². The van der Waals surface area contributed by atoms with Crippen molar-refractivity contribution in [1.82, 2.24) is 0 Å². The molecule has 0 heterocycles. The third kappa shape index (κ3) is 1.50. The van der Waals surface area contributed by atoms with E-state index in [2.05, 4.69) is 4.79 Å². The van der Waals surface area contributed by atoms with E-state index in [0.29, 0.717) is 11.5 Å². The first-order valence-electron chi connectivity index (χ1n) is 3.08. The van der Waals surface area contributed by atoms with Crippen molar-refractivity contribution in [2.45, 2.75) is 5.38 Å². The van der Waals surface area contributed by atoms with E-state index in [4.69, 9.17) is 21.9 Å². The lowest BCUT2D eigenvalue weighted by molar-refractivity contribution is -0.0105. The smallest absolute Gasteiger partial charge is 0.354 e. The van der Waals surface area contributed by atoms with Gasteiger partial charge >= 0.3 is 5.71 Å². The number of halogens is 1. The molecular weight excluding hydrogens is 164 g/mol. The zero-order valence-electron chi connectivity index (χ0n) is 5.99. The number of allylic oxidation sites excluding steroid dienone is 4. The predicted octanol–water partition coefficient (Wildman–Crippen LogP) is 1.36. The van der Waals surface area contributed by atoms with Crippen LogP contribution < -0.4 is 0 Å².